The van der Waals surface area contributed by atoms with Crippen LogP contribution in [0.1, 0.15) is 0 Å². The van der Waals surface area contributed by atoms with Gasteiger partial charge in [0.05, 0.1) is 17.6 Å². The van der Waals surface area contributed by atoms with Gasteiger partial charge in [0.25, 0.3) is 5.22 Å². The van der Waals surface area contributed by atoms with E-state index in [0.29, 0.717) is 33.6 Å². The molecule has 2 aromatic heterocycles. The van der Waals surface area contributed by atoms with Crippen LogP contribution in [0.15, 0.2) is 77.9 Å². The largest absolute Gasteiger partial charge is 0.490 e. The van der Waals surface area contributed by atoms with Gasteiger partial charge in [-0.1, -0.05) is 45.9 Å². The van der Waals surface area contributed by atoms with E-state index in [-0.39, 0.29) is 6.61 Å². The van der Waals surface area contributed by atoms with E-state index >= 15 is 0 Å². The summed E-state index contributed by atoms with van der Waals surface area (Å²) >= 11 is 4.63. The third-order valence-electron chi connectivity index (χ3n) is 3.92. The molecule has 9 heteroatoms. The van der Waals surface area contributed by atoms with Crippen molar-refractivity contribution in [2.24, 2.45) is 0 Å². The normalized spacial score (nSPS) is 12.2. The summed E-state index contributed by atoms with van der Waals surface area (Å²) < 4.78 is 17.3. The van der Waals surface area contributed by atoms with Crippen LogP contribution in [0.4, 0.5) is 0 Å². The molecule has 0 saturated heterocycles. The number of aromatic nitrogens is 2. The average molecular weight is 475 g/mol. The van der Waals surface area contributed by atoms with Crippen molar-refractivity contribution in [3.8, 4) is 17.2 Å². The SMILES string of the molecule is O=c1cc(OCC(O)CSc2nnc(-c3cccc(Br)c3)o2)c2ccccc2o1. The third-order valence-corrected chi connectivity index (χ3v) is 5.38. The topological polar surface area (TPSA) is 98.6 Å². The molecule has 0 amide bonds. The van der Waals surface area contributed by atoms with Crippen molar-refractivity contribution in [2.45, 2.75) is 11.3 Å². The summed E-state index contributed by atoms with van der Waals surface area (Å²) in [5, 5.41) is 19.3. The van der Waals surface area contributed by atoms with Gasteiger partial charge in [-0.05, 0) is 30.3 Å². The van der Waals surface area contributed by atoms with E-state index in [1.54, 1.807) is 18.2 Å². The molecule has 4 rings (SSSR count). The summed E-state index contributed by atoms with van der Waals surface area (Å²) in [5.74, 6) is 1.07. The molecule has 1 N–H and O–H groups in total. The molecule has 0 radical (unpaired) electrons. The number of para-hydroxylation sites is 1. The Morgan fingerprint density at radius 1 is 1.10 bits per heavy atom. The second-order valence-electron chi connectivity index (χ2n) is 6.09. The molecule has 148 valence electrons. The van der Waals surface area contributed by atoms with Crippen LogP contribution in [0.3, 0.4) is 0 Å². The maximum atomic E-state index is 11.7. The summed E-state index contributed by atoms with van der Waals surface area (Å²) in [6.45, 7) is 0.00702. The highest BCUT2D eigenvalue weighted by Crippen LogP contribution is 2.26. The quantitative estimate of drug-likeness (QED) is 0.315. The van der Waals surface area contributed by atoms with Crippen LogP contribution < -0.4 is 10.4 Å². The highest BCUT2D eigenvalue weighted by molar-refractivity contribution is 9.10. The molecule has 0 fully saturated rings. The molecule has 1 atom stereocenters. The van der Waals surface area contributed by atoms with Gasteiger partial charge in [0.2, 0.25) is 5.89 Å². The molecular weight excluding hydrogens is 460 g/mol. The Labute approximate surface area is 177 Å². The first-order valence-electron chi connectivity index (χ1n) is 8.64. The van der Waals surface area contributed by atoms with Gasteiger partial charge in [-0.25, -0.2) is 4.79 Å². The van der Waals surface area contributed by atoms with Gasteiger partial charge in [-0.3, -0.25) is 0 Å². The van der Waals surface area contributed by atoms with Gasteiger partial charge < -0.3 is 18.7 Å². The molecule has 1 unspecified atom stereocenters. The predicted molar refractivity (Wildman–Crippen MR) is 112 cm³/mol. The first-order valence-corrected chi connectivity index (χ1v) is 10.4. The summed E-state index contributed by atoms with van der Waals surface area (Å²) in [7, 11) is 0. The average Bonchev–Trinajstić information content (AvgIpc) is 3.19. The Balaban J connectivity index is 1.35. The summed E-state index contributed by atoms with van der Waals surface area (Å²) in [6, 6.07) is 15.9. The molecule has 29 heavy (non-hydrogen) atoms. The molecule has 2 aromatic carbocycles. The minimum Gasteiger partial charge on any atom is -0.490 e. The van der Waals surface area contributed by atoms with E-state index in [9.17, 15) is 9.90 Å². The van der Waals surface area contributed by atoms with Crippen LogP contribution in [-0.2, 0) is 0 Å². The Kier molecular flexibility index (Phi) is 5.98. The van der Waals surface area contributed by atoms with Gasteiger partial charge in [0.1, 0.15) is 17.9 Å². The molecule has 7 nitrogen and oxygen atoms in total. The van der Waals surface area contributed by atoms with Crippen molar-refractivity contribution in [1.29, 1.82) is 0 Å². The number of hydrogen-bond donors (Lipinski definition) is 1. The molecule has 4 aromatic rings. The van der Waals surface area contributed by atoms with Crippen molar-refractivity contribution in [3.05, 3.63) is 69.5 Å². The number of thioether (sulfide) groups is 1. The second kappa shape index (κ2) is 8.81. The standard InChI is InChI=1S/C20H15BrN2O5S/c21-13-5-3-4-12(8-13)19-22-23-20(28-19)29-11-14(24)10-26-17-9-18(25)27-16-7-2-1-6-15(16)17/h1-9,14,24H,10-11H2. The lowest BCUT2D eigenvalue weighted by Crippen LogP contribution is -2.20. The lowest BCUT2D eigenvalue weighted by molar-refractivity contribution is 0.127. The molecule has 2 heterocycles. The highest BCUT2D eigenvalue weighted by Gasteiger charge is 2.14. The van der Waals surface area contributed by atoms with E-state index in [4.69, 9.17) is 13.6 Å². The van der Waals surface area contributed by atoms with E-state index < -0.39 is 11.7 Å². The summed E-state index contributed by atoms with van der Waals surface area (Å²) in [4.78, 5) is 11.7. The van der Waals surface area contributed by atoms with Crippen LogP contribution in [0.5, 0.6) is 5.75 Å². The minimum absolute atomic E-state index is 0.00702. The van der Waals surface area contributed by atoms with E-state index in [1.807, 2.05) is 30.3 Å². The number of ether oxygens (including phenoxy) is 1. The van der Waals surface area contributed by atoms with E-state index in [2.05, 4.69) is 26.1 Å². The van der Waals surface area contributed by atoms with Crippen molar-refractivity contribution in [2.75, 3.05) is 12.4 Å². The fourth-order valence-corrected chi connectivity index (χ4v) is 3.68. The lowest BCUT2D eigenvalue weighted by atomic mass is 10.2. The van der Waals surface area contributed by atoms with Gasteiger partial charge in [0, 0.05) is 15.8 Å². The van der Waals surface area contributed by atoms with E-state index in [1.165, 1.54) is 17.8 Å². The molecular formula is C20H15BrN2O5S. The molecule has 0 aliphatic rings. The van der Waals surface area contributed by atoms with Crippen molar-refractivity contribution in [3.63, 3.8) is 0 Å². The number of benzene rings is 2. The van der Waals surface area contributed by atoms with Crippen molar-refractivity contribution < 1.29 is 18.7 Å². The first kappa shape index (κ1) is 19.7. The molecule has 0 bridgehead atoms. The molecule has 0 saturated carbocycles. The molecule has 0 aliphatic heterocycles. The van der Waals surface area contributed by atoms with Crippen LogP contribution in [0.25, 0.3) is 22.4 Å². The summed E-state index contributed by atoms with van der Waals surface area (Å²) in [5.41, 5.74) is 0.732. The van der Waals surface area contributed by atoms with E-state index in [0.717, 1.165) is 10.0 Å². The Morgan fingerprint density at radius 3 is 2.83 bits per heavy atom. The van der Waals surface area contributed by atoms with Crippen LogP contribution >= 0.6 is 27.7 Å². The maximum absolute atomic E-state index is 11.7. The zero-order chi connectivity index (χ0) is 20.2. The predicted octanol–water partition coefficient (Wildman–Crippen LogP) is 4.14. The molecule has 0 aliphatic carbocycles. The van der Waals surface area contributed by atoms with Crippen LogP contribution in [0.2, 0.25) is 0 Å². The Morgan fingerprint density at radius 2 is 1.97 bits per heavy atom. The third kappa shape index (κ3) is 4.87. The number of fused-ring (bicyclic) bond motifs is 1. The van der Waals surface area contributed by atoms with Crippen LogP contribution in [-0.4, -0.2) is 33.8 Å². The van der Waals surface area contributed by atoms with Gasteiger partial charge in [0.15, 0.2) is 0 Å². The van der Waals surface area contributed by atoms with Gasteiger partial charge in [-0.15, -0.1) is 10.2 Å². The van der Waals surface area contributed by atoms with Crippen molar-refractivity contribution in [1.82, 2.24) is 10.2 Å². The van der Waals surface area contributed by atoms with Gasteiger partial charge in [-0.2, -0.15) is 0 Å². The number of hydrogen-bond acceptors (Lipinski definition) is 8. The number of nitrogens with zero attached hydrogens (tertiary/aromatic N) is 2. The minimum atomic E-state index is -0.799. The zero-order valence-electron chi connectivity index (χ0n) is 14.9. The maximum Gasteiger partial charge on any atom is 0.339 e. The van der Waals surface area contributed by atoms with Crippen LogP contribution in [0, 0.1) is 0 Å². The second-order valence-corrected chi connectivity index (χ2v) is 7.97. The monoisotopic (exact) mass is 474 g/mol. The molecule has 0 spiro atoms. The first-order chi connectivity index (χ1) is 14.1. The Bertz CT molecular complexity index is 1190. The lowest BCUT2D eigenvalue weighted by Gasteiger charge is -2.12. The number of aliphatic hydroxyl groups excluding tert-OH is 1. The highest BCUT2D eigenvalue weighted by atomic mass is 79.9. The number of aliphatic hydroxyl groups is 1. The van der Waals surface area contributed by atoms with Crippen molar-refractivity contribution >= 4 is 38.7 Å². The fourth-order valence-electron chi connectivity index (χ4n) is 2.61. The smallest absolute Gasteiger partial charge is 0.339 e. The number of halogens is 1. The number of rotatable bonds is 7. The fraction of sp³-hybridized carbons (Fsp3) is 0.150. The summed E-state index contributed by atoms with van der Waals surface area (Å²) in [6.07, 6.45) is -0.799. The zero-order valence-corrected chi connectivity index (χ0v) is 17.4. The van der Waals surface area contributed by atoms with Gasteiger partial charge >= 0.3 is 5.63 Å². The Hall–Kier alpha value is -2.62.